The van der Waals surface area contributed by atoms with Crippen LogP contribution < -0.4 is 0 Å². The Bertz CT molecular complexity index is 945. The highest BCUT2D eigenvalue weighted by Gasteiger charge is 2.22. The minimum atomic E-state index is 0.0810. The highest BCUT2D eigenvalue weighted by atomic mass is 35.5. The molecule has 0 saturated heterocycles. The molecule has 0 aliphatic heterocycles. The molecular formula is C25H29ClN2O. The zero-order valence-corrected chi connectivity index (χ0v) is 18.2. The van der Waals surface area contributed by atoms with Crippen molar-refractivity contribution in [2.45, 2.75) is 52.7 Å². The quantitative estimate of drug-likeness (QED) is 0.436. The average molecular weight is 409 g/mol. The topological polar surface area (TPSA) is 25.2 Å². The van der Waals surface area contributed by atoms with Crippen molar-refractivity contribution in [2.75, 3.05) is 0 Å². The van der Waals surface area contributed by atoms with Crippen molar-refractivity contribution in [3.05, 3.63) is 94.3 Å². The molecule has 1 atom stereocenters. The van der Waals surface area contributed by atoms with Gasteiger partial charge in [-0.15, -0.1) is 0 Å². The Kier molecular flexibility index (Phi) is 7.16. The predicted molar refractivity (Wildman–Crippen MR) is 120 cm³/mol. The maximum absolute atomic E-state index is 13.3. The molecule has 4 heteroatoms. The number of hydrogen-bond acceptors (Lipinski definition) is 1. The fourth-order valence-electron chi connectivity index (χ4n) is 3.45. The average Bonchev–Trinajstić information content (AvgIpc) is 3.17. The first-order valence-corrected chi connectivity index (χ1v) is 10.7. The van der Waals surface area contributed by atoms with Gasteiger partial charge in [0.05, 0.1) is 6.54 Å². The third-order valence-corrected chi connectivity index (χ3v) is 5.73. The summed E-state index contributed by atoms with van der Waals surface area (Å²) >= 11 is 6.14. The molecule has 3 aromatic rings. The van der Waals surface area contributed by atoms with Crippen LogP contribution in [0.15, 0.2) is 66.9 Å². The summed E-state index contributed by atoms with van der Waals surface area (Å²) in [5.74, 6) is 0.0810. The van der Waals surface area contributed by atoms with Crippen LogP contribution >= 0.6 is 11.6 Å². The van der Waals surface area contributed by atoms with Crippen LogP contribution in [-0.2, 0) is 19.5 Å². The van der Waals surface area contributed by atoms with E-state index >= 15 is 0 Å². The number of hydrogen-bond donors (Lipinski definition) is 0. The van der Waals surface area contributed by atoms with Crippen LogP contribution in [0.5, 0.6) is 0 Å². The molecule has 152 valence electrons. The van der Waals surface area contributed by atoms with Gasteiger partial charge >= 0.3 is 0 Å². The molecule has 0 aliphatic carbocycles. The second-order valence-electron chi connectivity index (χ2n) is 7.50. The summed E-state index contributed by atoms with van der Waals surface area (Å²) in [6, 6.07) is 20.2. The molecule has 0 bridgehead atoms. The lowest BCUT2D eigenvalue weighted by molar-refractivity contribution is 0.0667. The van der Waals surface area contributed by atoms with Crippen LogP contribution in [0.25, 0.3) is 0 Å². The molecule has 1 heterocycles. The van der Waals surface area contributed by atoms with Gasteiger partial charge in [-0.2, -0.15) is 0 Å². The molecule has 29 heavy (non-hydrogen) atoms. The van der Waals surface area contributed by atoms with E-state index in [4.69, 9.17) is 11.6 Å². The molecule has 0 N–H and O–H groups in total. The zero-order valence-electron chi connectivity index (χ0n) is 17.4. The molecule has 0 aliphatic rings. The van der Waals surface area contributed by atoms with Crippen molar-refractivity contribution in [3.8, 4) is 0 Å². The van der Waals surface area contributed by atoms with Crippen molar-refractivity contribution in [1.82, 2.24) is 9.47 Å². The Morgan fingerprint density at radius 3 is 2.45 bits per heavy atom. The Balaban J connectivity index is 1.82. The number of halogens is 1. The van der Waals surface area contributed by atoms with E-state index in [-0.39, 0.29) is 11.9 Å². The van der Waals surface area contributed by atoms with Crippen LogP contribution in [-0.4, -0.2) is 21.4 Å². The van der Waals surface area contributed by atoms with Gasteiger partial charge in [-0.3, -0.25) is 4.79 Å². The first-order chi connectivity index (χ1) is 14.0. The number of carbonyl (C=O) groups is 1. The molecule has 0 radical (unpaired) electrons. The smallest absolute Gasteiger partial charge is 0.254 e. The number of nitrogens with zero attached hydrogens (tertiary/aromatic N) is 2. The van der Waals surface area contributed by atoms with Crippen LogP contribution in [0.1, 0.15) is 54.4 Å². The predicted octanol–water partition coefficient (Wildman–Crippen LogP) is 6.19. The Labute approximate surface area is 178 Å². The highest BCUT2D eigenvalue weighted by Crippen LogP contribution is 2.19. The van der Waals surface area contributed by atoms with Crippen LogP contribution in [0.3, 0.4) is 0 Å². The number of carbonyl (C=O) groups excluding carboxylic acids is 1. The third kappa shape index (κ3) is 5.30. The van der Waals surface area contributed by atoms with Crippen molar-refractivity contribution < 1.29 is 4.79 Å². The first-order valence-electron chi connectivity index (χ1n) is 10.3. The number of aromatic nitrogens is 1. The summed E-state index contributed by atoms with van der Waals surface area (Å²) in [4.78, 5) is 15.3. The first kappa shape index (κ1) is 21.2. The molecule has 0 saturated carbocycles. The molecule has 2 aromatic carbocycles. The van der Waals surface area contributed by atoms with E-state index in [1.807, 2.05) is 53.4 Å². The van der Waals surface area contributed by atoms with Gasteiger partial charge in [0.15, 0.2) is 0 Å². The van der Waals surface area contributed by atoms with Crippen molar-refractivity contribution >= 4 is 17.5 Å². The van der Waals surface area contributed by atoms with Gasteiger partial charge in [-0.25, -0.2) is 0 Å². The van der Waals surface area contributed by atoms with E-state index in [2.05, 4.69) is 43.7 Å². The Morgan fingerprint density at radius 1 is 1.03 bits per heavy atom. The van der Waals surface area contributed by atoms with Gasteiger partial charge in [0.1, 0.15) is 0 Å². The van der Waals surface area contributed by atoms with E-state index in [0.29, 0.717) is 6.54 Å². The standard InChI is InChI=1S/C25H29ClN2O/c1-4-19(3)28(25(29)22-13-11-20(5-2)12-14-22)18-24-10-7-15-27(24)17-21-8-6-9-23(26)16-21/h6-16,19H,4-5,17-18H2,1-3H3/t19-/m1/s1. The molecular weight excluding hydrogens is 380 g/mol. The van der Waals surface area contributed by atoms with Crippen molar-refractivity contribution in [2.24, 2.45) is 0 Å². The summed E-state index contributed by atoms with van der Waals surface area (Å²) in [5.41, 5.74) is 4.25. The van der Waals surface area contributed by atoms with Crippen LogP contribution in [0.4, 0.5) is 0 Å². The number of aryl methyl sites for hydroxylation is 1. The lowest BCUT2D eigenvalue weighted by Gasteiger charge is -2.29. The molecule has 0 fully saturated rings. The van der Waals surface area contributed by atoms with Crippen LogP contribution in [0, 0.1) is 0 Å². The monoisotopic (exact) mass is 408 g/mol. The Morgan fingerprint density at radius 2 is 1.79 bits per heavy atom. The van der Waals surface area contributed by atoms with E-state index < -0.39 is 0 Å². The van der Waals surface area contributed by atoms with Gasteiger partial charge in [-0.1, -0.05) is 49.7 Å². The lowest BCUT2D eigenvalue weighted by atomic mass is 10.1. The Hall–Kier alpha value is -2.52. The summed E-state index contributed by atoms with van der Waals surface area (Å²) in [5, 5.41) is 0.739. The second-order valence-corrected chi connectivity index (χ2v) is 7.93. The summed E-state index contributed by atoms with van der Waals surface area (Å²) < 4.78 is 2.19. The molecule has 1 aromatic heterocycles. The zero-order chi connectivity index (χ0) is 20.8. The maximum Gasteiger partial charge on any atom is 0.254 e. The number of rotatable bonds is 8. The van der Waals surface area contributed by atoms with Gasteiger partial charge in [0.2, 0.25) is 0 Å². The lowest BCUT2D eigenvalue weighted by Crippen LogP contribution is -2.38. The van der Waals surface area contributed by atoms with Gasteiger partial charge in [-0.05, 0) is 67.3 Å². The SMILES string of the molecule is CCc1ccc(C(=O)N(Cc2cccn2Cc2cccc(Cl)c2)[C@H](C)CC)cc1. The van der Waals surface area contributed by atoms with Crippen LogP contribution in [0.2, 0.25) is 5.02 Å². The van der Waals surface area contributed by atoms with E-state index in [1.165, 1.54) is 5.56 Å². The summed E-state index contributed by atoms with van der Waals surface area (Å²) in [6.45, 7) is 7.67. The molecule has 1 amide bonds. The second kappa shape index (κ2) is 9.80. The van der Waals surface area contributed by atoms with E-state index in [9.17, 15) is 4.79 Å². The largest absolute Gasteiger partial charge is 0.345 e. The highest BCUT2D eigenvalue weighted by molar-refractivity contribution is 6.30. The van der Waals surface area contributed by atoms with Gasteiger partial charge < -0.3 is 9.47 Å². The normalized spacial score (nSPS) is 12.0. The number of amides is 1. The number of benzene rings is 2. The third-order valence-electron chi connectivity index (χ3n) is 5.49. The maximum atomic E-state index is 13.3. The molecule has 3 rings (SSSR count). The minimum absolute atomic E-state index is 0.0810. The van der Waals surface area contributed by atoms with Gasteiger partial charge in [0, 0.05) is 35.1 Å². The molecule has 0 spiro atoms. The van der Waals surface area contributed by atoms with Gasteiger partial charge in [0.25, 0.3) is 5.91 Å². The van der Waals surface area contributed by atoms with Crippen molar-refractivity contribution in [1.29, 1.82) is 0 Å². The minimum Gasteiger partial charge on any atom is -0.345 e. The summed E-state index contributed by atoms with van der Waals surface area (Å²) in [6.07, 6.45) is 3.94. The fraction of sp³-hybridized carbons (Fsp3) is 0.320. The summed E-state index contributed by atoms with van der Waals surface area (Å²) in [7, 11) is 0. The fourth-order valence-corrected chi connectivity index (χ4v) is 3.66. The van der Waals surface area contributed by atoms with E-state index in [1.54, 1.807) is 0 Å². The van der Waals surface area contributed by atoms with E-state index in [0.717, 1.165) is 41.2 Å². The molecule has 0 unspecified atom stereocenters. The molecule has 3 nitrogen and oxygen atoms in total. The van der Waals surface area contributed by atoms with Crippen molar-refractivity contribution in [3.63, 3.8) is 0 Å².